The Hall–Kier alpha value is -3.42. The molecule has 1 amide bonds. The van der Waals surface area contributed by atoms with E-state index in [0.29, 0.717) is 5.95 Å². The number of benzene rings is 2. The molecule has 1 aromatic heterocycles. The molecule has 0 saturated carbocycles. The van der Waals surface area contributed by atoms with Gasteiger partial charge in [0.25, 0.3) is 5.91 Å². The number of hydrogen-bond acceptors (Lipinski definition) is 4. The molecule has 5 nitrogen and oxygen atoms in total. The molecule has 4 rings (SSSR count). The summed E-state index contributed by atoms with van der Waals surface area (Å²) in [6, 6.07) is 12.5. The van der Waals surface area contributed by atoms with Gasteiger partial charge < -0.3 is 10.2 Å². The number of carbonyl (C=O) groups excluding carboxylic acids is 1. The van der Waals surface area contributed by atoms with Gasteiger partial charge in [-0.2, -0.15) is 13.2 Å². The minimum atomic E-state index is -4.42. The van der Waals surface area contributed by atoms with Crippen molar-refractivity contribution in [3.8, 4) is 0 Å². The molecule has 2 aromatic carbocycles. The molecule has 1 unspecified atom stereocenters. The van der Waals surface area contributed by atoms with Gasteiger partial charge in [-0.3, -0.25) is 4.79 Å². The van der Waals surface area contributed by atoms with E-state index in [2.05, 4.69) is 28.3 Å². The summed E-state index contributed by atoms with van der Waals surface area (Å²) in [4.78, 5) is 23.0. The highest BCUT2D eigenvalue weighted by molar-refractivity contribution is 6.03. The summed E-state index contributed by atoms with van der Waals surface area (Å²) in [5.74, 6) is -0.000269. The Morgan fingerprint density at radius 1 is 1.07 bits per heavy atom. The molecule has 1 aliphatic rings. The third-order valence-corrected chi connectivity index (χ3v) is 4.79. The molecule has 1 N–H and O–H groups in total. The van der Waals surface area contributed by atoms with Crippen LogP contribution in [0.5, 0.6) is 0 Å². The molecule has 0 aliphatic carbocycles. The van der Waals surface area contributed by atoms with Crippen LogP contribution >= 0.6 is 0 Å². The van der Waals surface area contributed by atoms with Crippen molar-refractivity contribution in [1.82, 2.24) is 9.97 Å². The normalized spacial score (nSPS) is 15.9. The lowest BCUT2D eigenvalue weighted by molar-refractivity contribution is -0.137. The summed E-state index contributed by atoms with van der Waals surface area (Å²) in [5.41, 5.74) is 1.96. The Morgan fingerprint density at radius 2 is 1.72 bits per heavy atom. The second-order valence-corrected chi connectivity index (χ2v) is 6.85. The lowest BCUT2D eigenvalue weighted by Gasteiger charge is -2.22. The van der Waals surface area contributed by atoms with E-state index in [-0.39, 0.29) is 17.3 Å². The molecule has 0 bridgehead atoms. The smallest absolute Gasteiger partial charge is 0.322 e. The zero-order chi connectivity index (χ0) is 20.6. The summed E-state index contributed by atoms with van der Waals surface area (Å²) in [6.45, 7) is 2.08. The molecule has 8 heteroatoms. The third kappa shape index (κ3) is 3.78. The van der Waals surface area contributed by atoms with Gasteiger partial charge in [0.05, 0.1) is 11.1 Å². The van der Waals surface area contributed by atoms with E-state index in [9.17, 15) is 18.0 Å². The highest BCUT2D eigenvalue weighted by Crippen LogP contribution is 2.36. The van der Waals surface area contributed by atoms with Crippen molar-refractivity contribution in [2.75, 3.05) is 10.2 Å². The predicted molar refractivity (Wildman–Crippen MR) is 103 cm³/mol. The van der Waals surface area contributed by atoms with Gasteiger partial charge >= 0.3 is 6.18 Å². The van der Waals surface area contributed by atoms with Gasteiger partial charge in [-0.15, -0.1) is 0 Å². The van der Waals surface area contributed by atoms with Gasteiger partial charge in [-0.05, 0) is 49.2 Å². The second kappa shape index (κ2) is 7.20. The van der Waals surface area contributed by atoms with Crippen LogP contribution in [0.3, 0.4) is 0 Å². The summed E-state index contributed by atoms with van der Waals surface area (Å²) in [7, 11) is 0. The molecule has 0 spiro atoms. The van der Waals surface area contributed by atoms with Gasteiger partial charge in [-0.25, -0.2) is 9.97 Å². The average molecular weight is 398 g/mol. The predicted octanol–water partition coefficient (Wildman–Crippen LogP) is 4.83. The van der Waals surface area contributed by atoms with E-state index in [1.807, 2.05) is 23.1 Å². The molecule has 1 aliphatic heterocycles. The van der Waals surface area contributed by atoms with Crippen LogP contribution < -0.4 is 10.2 Å². The molecular formula is C21H17F3N4O. The van der Waals surface area contributed by atoms with Gasteiger partial charge in [0.1, 0.15) is 0 Å². The fourth-order valence-corrected chi connectivity index (χ4v) is 3.38. The van der Waals surface area contributed by atoms with Crippen LogP contribution in [0.15, 0.2) is 60.9 Å². The second-order valence-electron chi connectivity index (χ2n) is 6.85. The number of nitrogens with zero attached hydrogens (tertiary/aromatic N) is 3. The topological polar surface area (TPSA) is 58.1 Å². The number of aromatic nitrogens is 2. The number of halogens is 3. The van der Waals surface area contributed by atoms with Crippen LogP contribution in [-0.2, 0) is 12.6 Å². The van der Waals surface area contributed by atoms with Crippen LogP contribution in [0.1, 0.15) is 28.4 Å². The molecule has 1 atom stereocenters. The highest BCUT2D eigenvalue weighted by atomic mass is 19.4. The first-order chi connectivity index (χ1) is 13.8. The SMILES string of the molecule is CC1Cc2ccccc2N1c1ncc(C(=O)Nc2ccc(C(F)(F)F)cc2)cn1. The van der Waals surface area contributed by atoms with Crippen molar-refractivity contribution in [3.05, 3.63) is 77.6 Å². The van der Waals surface area contributed by atoms with Crippen molar-refractivity contribution >= 4 is 23.2 Å². The van der Waals surface area contributed by atoms with Gasteiger partial charge in [0, 0.05) is 29.8 Å². The Labute approximate surface area is 165 Å². The van der Waals surface area contributed by atoms with Crippen LogP contribution in [0.2, 0.25) is 0 Å². The van der Waals surface area contributed by atoms with Crippen molar-refractivity contribution in [2.24, 2.45) is 0 Å². The highest BCUT2D eigenvalue weighted by Gasteiger charge is 2.30. The number of para-hydroxylation sites is 1. The van der Waals surface area contributed by atoms with Crippen molar-refractivity contribution in [3.63, 3.8) is 0 Å². The van der Waals surface area contributed by atoms with Gasteiger partial charge in [-0.1, -0.05) is 18.2 Å². The largest absolute Gasteiger partial charge is 0.416 e. The molecule has 0 fully saturated rings. The Bertz CT molecular complexity index is 1030. The maximum atomic E-state index is 12.6. The molecule has 2 heterocycles. The summed E-state index contributed by atoms with van der Waals surface area (Å²) < 4.78 is 37.9. The molecule has 0 radical (unpaired) electrons. The van der Waals surface area contributed by atoms with Crippen molar-refractivity contribution < 1.29 is 18.0 Å². The van der Waals surface area contributed by atoms with E-state index in [1.54, 1.807) is 0 Å². The number of nitrogens with one attached hydrogen (secondary N) is 1. The Kier molecular flexibility index (Phi) is 4.70. The lowest BCUT2D eigenvalue weighted by atomic mass is 10.1. The maximum absolute atomic E-state index is 12.6. The Balaban J connectivity index is 1.49. The standard InChI is InChI=1S/C21H17F3N4O/c1-13-10-14-4-2-3-5-18(14)28(13)20-25-11-15(12-26-20)19(29)27-17-8-6-16(7-9-17)21(22,23)24/h2-9,11-13H,10H2,1H3,(H,27,29). The number of amides is 1. The number of anilines is 3. The summed E-state index contributed by atoms with van der Waals surface area (Å²) in [5, 5.41) is 2.55. The minimum absolute atomic E-state index is 0.194. The van der Waals surface area contributed by atoms with Crippen LogP contribution in [0.25, 0.3) is 0 Å². The summed E-state index contributed by atoms with van der Waals surface area (Å²) >= 11 is 0. The van der Waals surface area contributed by atoms with Crippen LogP contribution in [-0.4, -0.2) is 21.9 Å². The van der Waals surface area contributed by atoms with Crippen LogP contribution in [0.4, 0.5) is 30.5 Å². The summed E-state index contributed by atoms with van der Waals surface area (Å²) in [6.07, 6.45) is -0.710. The number of alkyl halides is 3. The molecule has 29 heavy (non-hydrogen) atoms. The zero-order valence-corrected chi connectivity index (χ0v) is 15.4. The molecule has 0 saturated heterocycles. The van der Waals surface area contributed by atoms with E-state index in [4.69, 9.17) is 0 Å². The van der Waals surface area contributed by atoms with E-state index >= 15 is 0 Å². The quantitative estimate of drug-likeness (QED) is 0.687. The van der Waals surface area contributed by atoms with Crippen molar-refractivity contribution in [2.45, 2.75) is 25.6 Å². The number of hydrogen-bond donors (Lipinski definition) is 1. The Morgan fingerprint density at radius 3 is 2.38 bits per heavy atom. The zero-order valence-electron chi connectivity index (χ0n) is 15.4. The fraction of sp³-hybridized carbons (Fsp3) is 0.190. The van der Waals surface area contributed by atoms with Crippen molar-refractivity contribution in [1.29, 1.82) is 0 Å². The molecular weight excluding hydrogens is 381 g/mol. The van der Waals surface area contributed by atoms with E-state index in [1.165, 1.54) is 30.1 Å². The van der Waals surface area contributed by atoms with Crippen LogP contribution in [0, 0.1) is 0 Å². The minimum Gasteiger partial charge on any atom is -0.322 e. The fourth-order valence-electron chi connectivity index (χ4n) is 3.38. The average Bonchev–Trinajstić information content (AvgIpc) is 3.03. The lowest BCUT2D eigenvalue weighted by Crippen LogP contribution is -2.26. The van der Waals surface area contributed by atoms with E-state index in [0.717, 1.165) is 24.2 Å². The van der Waals surface area contributed by atoms with Gasteiger partial charge in [0.15, 0.2) is 0 Å². The number of carbonyl (C=O) groups is 1. The first-order valence-electron chi connectivity index (χ1n) is 9.01. The number of rotatable bonds is 3. The molecule has 148 valence electrons. The van der Waals surface area contributed by atoms with E-state index < -0.39 is 17.6 Å². The number of fused-ring (bicyclic) bond motifs is 1. The maximum Gasteiger partial charge on any atom is 0.416 e. The third-order valence-electron chi connectivity index (χ3n) is 4.79. The van der Waals surface area contributed by atoms with Gasteiger partial charge in [0.2, 0.25) is 5.95 Å². The first kappa shape index (κ1) is 18.9. The monoisotopic (exact) mass is 398 g/mol. The first-order valence-corrected chi connectivity index (χ1v) is 9.01. The molecule has 3 aromatic rings.